The molecule has 2 N–H and O–H groups in total. The molecule has 0 spiro atoms. The number of benzene rings is 1. The molecule has 1 aromatic carbocycles. The first-order chi connectivity index (χ1) is 8.21. The Morgan fingerprint density at radius 3 is 2.00 bits per heavy atom. The number of aryl methyl sites for hydroxylation is 3. The maximum Gasteiger partial charge on any atom is 0.313 e. The van der Waals surface area contributed by atoms with Crippen molar-refractivity contribution in [3.05, 3.63) is 34.4 Å². The van der Waals surface area contributed by atoms with Crippen LogP contribution in [0.4, 0.5) is 0 Å². The van der Waals surface area contributed by atoms with Gasteiger partial charge in [0, 0.05) is 6.04 Å². The lowest BCUT2D eigenvalue weighted by Crippen LogP contribution is -2.38. The Morgan fingerprint density at radius 1 is 1.21 bits per heavy atom. The first kappa shape index (κ1) is 17.9. The lowest BCUT2D eigenvalue weighted by molar-refractivity contribution is -0.152. The van der Waals surface area contributed by atoms with Crippen molar-refractivity contribution in [2.75, 3.05) is 7.11 Å². The van der Waals surface area contributed by atoms with E-state index >= 15 is 0 Å². The molecule has 19 heavy (non-hydrogen) atoms. The van der Waals surface area contributed by atoms with E-state index in [9.17, 15) is 4.79 Å². The van der Waals surface area contributed by atoms with Crippen molar-refractivity contribution in [2.24, 2.45) is 11.1 Å². The minimum absolute atomic E-state index is 0. The number of carbonyl (C=O) groups excluding carboxylic acids is 1. The summed E-state index contributed by atoms with van der Waals surface area (Å²) in [6.07, 6.45) is 0. The van der Waals surface area contributed by atoms with E-state index in [1.54, 1.807) is 0 Å². The highest BCUT2D eigenvalue weighted by Crippen LogP contribution is 2.36. The monoisotopic (exact) mass is 285 g/mol. The number of esters is 1. The third-order valence-electron chi connectivity index (χ3n) is 3.54. The van der Waals surface area contributed by atoms with Crippen molar-refractivity contribution < 1.29 is 9.53 Å². The predicted molar refractivity (Wildman–Crippen MR) is 80.6 cm³/mol. The van der Waals surface area contributed by atoms with Crippen LogP contribution in [-0.4, -0.2) is 13.1 Å². The van der Waals surface area contributed by atoms with Crippen LogP contribution in [0, 0.1) is 26.2 Å². The second-order valence-corrected chi connectivity index (χ2v) is 5.50. The van der Waals surface area contributed by atoms with Gasteiger partial charge in [0.15, 0.2) is 0 Å². The molecule has 1 aromatic rings. The van der Waals surface area contributed by atoms with Crippen LogP contribution in [0.2, 0.25) is 0 Å². The summed E-state index contributed by atoms with van der Waals surface area (Å²) < 4.78 is 4.84. The molecule has 0 aliphatic carbocycles. The Hall–Kier alpha value is -1.06. The maximum atomic E-state index is 11.8. The van der Waals surface area contributed by atoms with E-state index in [0.717, 1.165) is 16.7 Å². The molecule has 108 valence electrons. The molecule has 0 fully saturated rings. The van der Waals surface area contributed by atoms with E-state index in [1.165, 1.54) is 12.7 Å². The van der Waals surface area contributed by atoms with E-state index in [0.29, 0.717) is 0 Å². The summed E-state index contributed by atoms with van der Waals surface area (Å²) in [4.78, 5) is 11.8. The first-order valence-electron chi connectivity index (χ1n) is 6.13. The van der Waals surface area contributed by atoms with Crippen LogP contribution in [0.5, 0.6) is 0 Å². The van der Waals surface area contributed by atoms with E-state index in [2.05, 4.69) is 19.1 Å². The fourth-order valence-corrected chi connectivity index (χ4v) is 2.43. The number of ether oxygens (including phenoxy) is 1. The highest BCUT2D eigenvalue weighted by molar-refractivity contribution is 5.85. The minimum Gasteiger partial charge on any atom is -0.469 e. The molecule has 0 amide bonds. The van der Waals surface area contributed by atoms with Crippen molar-refractivity contribution in [1.29, 1.82) is 0 Å². The van der Waals surface area contributed by atoms with Crippen LogP contribution in [0.3, 0.4) is 0 Å². The minimum atomic E-state index is -0.737. The molecule has 0 bridgehead atoms. The molecule has 0 heterocycles. The zero-order chi connectivity index (χ0) is 14.1. The van der Waals surface area contributed by atoms with Gasteiger partial charge in [0.2, 0.25) is 0 Å². The van der Waals surface area contributed by atoms with Gasteiger partial charge in [-0.2, -0.15) is 0 Å². The number of hydrogen-bond donors (Lipinski definition) is 1. The molecular formula is C15H24ClNO2. The highest BCUT2D eigenvalue weighted by Gasteiger charge is 2.37. The topological polar surface area (TPSA) is 52.3 Å². The molecule has 0 radical (unpaired) electrons. The van der Waals surface area contributed by atoms with Crippen LogP contribution < -0.4 is 5.73 Å². The molecule has 1 atom stereocenters. The summed E-state index contributed by atoms with van der Waals surface area (Å²) in [5.74, 6) is -0.283. The first-order valence-corrected chi connectivity index (χ1v) is 6.13. The molecule has 0 unspecified atom stereocenters. The third kappa shape index (κ3) is 3.48. The van der Waals surface area contributed by atoms with Crippen LogP contribution in [0.25, 0.3) is 0 Å². The fraction of sp³-hybridized carbons (Fsp3) is 0.533. The normalized spacial score (nSPS) is 12.6. The third-order valence-corrected chi connectivity index (χ3v) is 3.54. The van der Waals surface area contributed by atoms with E-state index < -0.39 is 5.41 Å². The molecule has 0 aliphatic heterocycles. The molecule has 1 rings (SSSR count). The molecule has 0 aromatic heterocycles. The Labute approximate surface area is 121 Å². The average molecular weight is 286 g/mol. The molecule has 0 saturated carbocycles. The number of nitrogens with two attached hydrogens (primary N) is 1. The Morgan fingerprint density at radius 2 is 1.63 bits per heavy atom. The molecule has 0 aliphatic rings. The lowest BCUT2D eigenvalue weighted by atomic mass is 9.78. The maximum absolute atomic E-state index is 11.8. The van der Waals surface area contributed by atoms with Gasteiger partial charge in [0.05, 0.1) is 12.5 Å². The number of rotatable bonds is 3. The van der Waals surface area contributed by atoms with Crippen molar-refractivity contribution in [1.82, 2.24) is 0 Å². The highest BCUT2D eigenvalue weighted by atomic mass is 35.5. The number of hydrogen-bond acceptors (Lipinski definition) is 3. The van der Waals surface area contributed by atoms with Crippen molar-refractivity contribution >= 4 is 18.4 Å². The van der Waals surface area contributed by atoms with Gasteiger partial charge >= 0.3 is 5.97 Å². The summed E-state index contributed by atoms with van der Waals surface area (Å²) in [6.45, 7) is 9.76. The van der Waals surface area contributed by atoms with Crippen LogP contribution >= 0.6 is 12.4 Å². The summed E-state index contributed by atoms with van der Waals surface area (Å²) in [6, 6.07) is 3.82. The van der Waals surface area contributed by atoms with Gasteiger partial charge in [-0.25, -0.2) is 0 Å². The zero-order valence-corrected chi connectivity index (χ0v) is 13.4. The van der Waals surface area contributed by atoms with Crippen molar-refractivity contribution in [2.45, 2.75) is 40.7 Å². The van der Waals surface area contributed by atoms with Gasteiger partial charge in [0.1, 0.15) is 0 Å². The summed E-state index contributed by atoms with van der Waals surface area (Å²) in [5, 5.41) is 0. The van der Waals surface area contributed by atoms with Gasteiger partial charge in [-0.05, 0) is 51.3 Å². The van der Waals surface area contributed by atoms with Gasteiger partial charge in [-0.3, -0.25) is 4.79 Å². The standard InChI is InChI=1S/C15H23NO2.ClH/c1-9-7-10(2)12(11(3)8-9)13(16)15(4,5)14(17)18-6;/h7-8,13H,16H2,1-6H3;1H/t13-;/m0./s1. The molecule has 0 saturated heterocycles. The fourth-order valence-electron chi connectivity index (χ4n) is 2.43. The average Bonchev–Trinajstić information content (AvgIpc) is 2.26. The Bertz CT molecular complexity index is 446. The van der Waals surface area contributed by atoms with Crippen molar-refractivity contribution in [3.63, 3.8) is 0 Å². The van der Waals surface area contributed by atoms with Gasteiger partial charge in [-0.1, -0.05) is 17.7 Å². The predicted octanol–water partition coefficient (Wildman–Crippen LogP) is 3.23. The molecular weight excluding hydrogens is 262 g/mol. The van der Waals surface area contributed by atoms with Gasteiger partial charge in [0.25, 0.3) is 0 Å². The van der Waals surface area contributed by atoms with Gasteiger partial charge in [-0.15, -0.1) is 12.4 Å². The van der Waals surface area contributed by atoms with E-state index in [4.69, 9.17) is 10.5 Å². The molecule has 3 nitrogen and oxygen atoms in total. The Balaban J connectivity index is 0.00000324. The zero-order valence-electron chi connectivity index (χ0n) is 12.5. The lowest BCUT2D eigenvalue weighted by Gasteiger charge is -2.31. The van der Waals surface area contributed by atoms with E-state index in [-0.39, 0.29) is 24.4 Å². The largest absolute Gasteiger partial charge is 0.469 e. The number of carbonyl (C=O) groups is 1. The van der Waals surface area contributed by atoms with Crippen molar-refractivity contribution in [3.8, 4) is 0 Å². The number of methoxy groups -OCH3 is 1. The second-order valence-electron chi connectivity index (χ2n) is 5.50. The number of halogens is 1. The summed E-state index contributed by atoms with van der Waals surface area (Å²) >= 11 is 0. The van der Waals surface area contributed by atoms with E-state index in [1.807, 2.05) is 27.7 Å². The van der Waals surface area contributed by atoms with Crippen LogP contribution in [0.1, 0.15) is 42.1 Å². The van der Waals surface area contributed by atoms with Crippen LogP contribution in [0.15, 0.2) is 12.1 Å². The Kier molecular flexibility index (Phi) is 6.04. The summed E-state index contributed by atoms with van der Waals surface area (Å²) in [5.41, 5.74) is 10.1. The smallest absolute Gasteiger partial charge is 0.313 e. The van der Waals surface area contributed by atoms with Gasteiger partial charge < -0.3 is 10.5 Å². The second kappa shape index (κ2) is 6.40. The van der Waals surface area contributed by atoms with Crippen LogP contribution in [-0.2, 0) is 9.53 Å². The quantitative estimate of drug-likeness (QED) is 0.868. The molecule has 4 heteroatoms. The summed E-state index contributed by atoms with van der Waals surface area (Å²) in [7, 11) is 1.39. The SMILES string of the molecule is COC(=O)C(C)(C)[C@@H](N)c1c(C)cc(C)cc1C.Cl.